The number of nitrogens with one attached hydrogen (secondary N) is 1. The first kappa shape index (κ1) is 16.8. The van der Waals surface area contributed by atoms with Crippen LogP contribution in [0, 0.1) is 0 Å². The van der Waals surface area contributed by atoms with Crippen LogP contribution in [0.5, 0.6) is 0 Å². The van der Waals surface area contributed by atoms with Crippen LogP contribution in [0.25, 0.3) is 0 Å². The third-order valence-corrected chi connectivity index (χ3v) is 2.51. The first-order chi connectivity index (χ1) is 8.47. The van der Waals surface area contributed by atoms with E-state index in [0.29, 0.717) is 19.4 Å². The fraction of sp³-hybridized carbons (Fsp3) is 0.545. The lowest BCUT2D eigenvalue weighted by molar-refractivity contribution is -0.131. The van der Waals surface area contributed by atoms with Crippen LogP contribution in [-0.2, 0) is 19.1 Å². The molecule has 0 aliphatic rings. The fourth-order valence-corrected chi connectivity index (χ4v) is 1.30. The summed E-state index contributed by atoms with van der Waals surface area (Å²) in [5, 5.41) is 10.9. The van der Waals surface area contributed by atoms with Crippen LogP contribution in [-0.4, -0.2) is 42.5 Å². The zero-order valence-electron chi connectivity index (χ0n) is 10.1. The van der Waals surface area contributed by atoms with Crippen molar-refractivity contribution in [2.75, 3.05) is 19.8 Å². The van der Waals surface area contributed by atoms with Crippen molar-refractivity contribution >= 4 is 33.6 Å². The normalized spacial score (nSPS) is 11.1. The van der Waals surface area contributed by atoms with Crippen LogP contribution in [0.4, 0.5) is 0 Å². The second-order valence-electron chi connectivity index (χ2n) is 3.34. The summed E-state index contributed by atoms with van der Waals surface area (Å²) in [6, 6.07) is 0. The second-order valence-corrected chi connectivity index (χ2v) is 4.20. The molecule has 7 heteroatoms. The largest absolute Gasteiger partial charge is 0.478 e. The highest BCUT2D eigenvalue weighted by atomic mass is 79.9. The van der Waals surface area contributed by atoms with Crippen molar-refractivity contribution in [2.24, 2.45) is 0 Å². The maximum Gasteiger partial charge on any atom is 0.329 e. The molecule has 102 valence electrons. The molecule has 0 radical (unpaired) electrons. The van der Waals surface area contributed by atoms with Crippen molar-refractivity contribution in [3.8, 4) is 0 Å². The van der Waals surface area contributed by atoms with Crippen LogP contribution < -0.4 is 5.32 Å². The highest BCUT2D eigenvalue weighted by Crippen LogP contribution is 2.03. The van der Waals surface area contributed by atoms with Crippen LogP contribution in [0.15, 0.2) is 10.6 Å². The van der Waals surface area contributed by atoms with E-state index in [0.717, 1.165) is 6.08 Å². The van der Waals surface area contributed by atoms with Crippen molar-refractivity contribution in [3.63, 3.8) is 0 Å². The Balaban J connectivity index is 3.64. The SMILES string of the molecule is CCC(=O)CCOCCNC(=O)/C(Br)=C\C(=O)O. The van der Waals surface area contributed by atoms with Crippen LogP contribution in [0.2, 0.25) is 0 Å². The molecule has 0 aromatic carbocycles. The van der Waals surface area contributed by atoms with Crippen LogP contribution in [0.3, 0.4) is 0 Å². The lowest BCUT2D eigenvalue weighted by Gasteiger charge is -2.05. The molecule has 2 N–H and O–H groups in total. The zero-order valence-corrected chi connectivity index (χ0v) is 11.7. The Morgan fingerprint density at radius 3 is 2.56 bits per heavy atom. The van der Waals surface area contributed by atoms with Gasteiger partial charge in [0.05, 0.1) is 17.7 Å². The van der Waals surface area contributed by atoms with Gasteiger partial charge in [0.15, 0.2) is 0 Å². The van der Waals surface area contributed by atoms with E-state index in [9.17, 15) is 14.4 Å². The molecular weight excluding hydrogens is 306 g/mol. The van der Waals surface area contributed by atoms with Gasteiger partial charge in [-0.2, -0.15) is 0 Å². The number of rotatable bonds is 9. The summed E-state index contributed by atoms with van der Waals surface area (Å²) in [5.41, 5.74) is 0. The molecule has 6 nitrogen and oxygen atoms in total. The molecule has 0 unspecified atom stereocenters. The Bertz CT molecular complexity index is 340. The minimum Gasteiger partial charge on any atom is -0.478 e. The summed E-state index contributed by atoms with van der Waals surface area (Å²) in [4.78, 5) is 32.5. The van der Waals surface area contributed by atoms with E-state index in [1.165, 1.54) is 0 Å². The number of carboxylic acids is 1. The number of aliphatic carboxylic acids is 1. The molecule has 0 aliphatic heterocycles. The molecule has 0 aromatic heterocycles. The number of carbonyl (C=O) groups excluding carboxylic acids is 2. The number of halogens is 1. The van der Waals surface area contributed by atoms with E-state index in [-0.39, 0.29) is 23.4 Å². The van der Waals surface area contributed by atoms with E-state index in [1.54, 1.807) is 6.92 Å². The maximum absolute atomic E-state index is 11.3. The first-order valence-electron chi connectivity index (χ1n) is 5.45. The topological polar surface area (TPSA) is 92.7 Å². The number of hydrogen-bond donors (Lipinski definition) is 2. The third kappa shape index (κ3) is 8.89. The number of Topliss-reactive ketones (excluding diaryl/α,β-unsaturated/α-hetero) is 1. The summed E-state index contributed by atoms with van der Waals surface area (Å²) in [6.07, 6.45) is 1.62. The minimum absolute atomic E-state index is 0.0591. The molecule has 0 rings (SSSR count). The Labute approximate surface area is 114 Å². The summed E-state index contributed by atoms with van der Waals surface area (Å²) >= 11 is 2.84. The quantitative estimate of drug-likeness (QED) is 0.485. The molecule has 0 fully saturated rings. The Morgan fingerprint density at radius 2 is 2.00 bits per heavy atom. The highest BCUT2D eigenvalue weighted by Gasteiger charge is 2.06. The van der Waals surface area contributed by atoms with Gasteiger partial charge in [0.1, 0.15) is 5.78 Å². The molecule has 0 saturated carbocycles. The maximum atomic E-state index is 11.3. The van der Waals surface area contributed by atoms with Gasteiger partial charge >= 0.3 is 5.97 Å². The minimum atomic E-state index is -1.20. The van der Waals surface area contributed by atoms with E-state index >= 15 is 0 Å². The third-order valence-electron chi connectivity index (χ3n) is 1.92. The van der Waals surface area contributed by atoms with E-state index in [1.807, 2.05) is 0 Å². The summed E-state index contributed by atoms with van der Waals surface area (Å²) in [5.74, 6) is -1.59. The lowest BCUT2D eigenvalue weighted by Crippen LogP contribution is -2.27. The lowest BCUT2D eigenvalue weighted by atomic mass is 10.2. The summed E-state index contributed by atoms with van der Waals surface area (Å²) < 4.78 is 5.07. The van der Waals surface area contributed by atoms with Crippen molar-refractivity contribution in [1.82, 2.24) is 5.32 Å². The Morgan fingerprint density at radius 1 is 1.33 bits per heavy atom. The molecular formula is C11H16BrNO5. The van der Waals surface area contributed by atoms with Crippen molar-refractivity contribution < 1.29 is 24.2 Å². The average molecular weight is 322 g/mol. The van der Waals surface area contributed by atoms with Gasteiger partial charge in [-0.05, 0) is 15.9 Å². The van der Waals surface area contributed by atoms with Crippen LogP contribution in [0.1, 0.15) is 19.8 Å². The molecule has 0 aromatic rings. The molecule has 0 saturated heterocycles. The van der Waals surface area contributed by atoms with E-state index < -0.39 is 11.9 Å². The predicted molar refractivity (Wildman–Crippen MR) is 68.4 cm³/mol. The Kier molecular flexibility index (Phi) is 9.13. The fourth-order valence-electron chi connectivity index (χ4n) is 0.960. The smallest absolute Gasteiger partial charge is 0.329 e. The molecule has 18 heavy (non-hydrogen) atoms. The summed E-state index contributed by atoms with van der Waals surface area (Å²) in [7, 11) is 0. The number of amides is 1. The number of ketones is 1. The molecule has 0 aliphatic carbocycles. The first-order valence-corrected chi connectivity index (χ1v) is 6.24. The van der Waals surface area contributed by atoms with Crippen molar-refractivity contribution in [2.45, 2.75) is 19.8 Å². The molecule has 0 spiro atoms. The van der Waals surface area contributed by atoms with Gasteiger partial charge in [0, 0.05) is 25.5 Å². The molecule has 0 bridgehead atoms. The van der Waals surface area contributed by atoms with Gasteiger partial charge in [-0.1, -0.05) is 6.92 Å². The van der Waals surface area contributed by atoms with E-state index in [2.05, 4.69) is 21.2 Å². The van der Waals surface area contributed by atoms with Crippen molar-refractivity contribution in [1.29, 1.82) is 0 Å². The van der Waals surface area contributed by atoms with Gasteiger partial charge < -0.3 is 15.2 Å². The van der Waals surface area contributed by atoms with Crippen molar-refractivity contribution in [3.05, 3.63) is 10.6 Å². The highest BCUT2D eigenvalue weighted by molar-refractivity contribution is 9.12. The molecule has 0 heterocycles. The van der Waals surface area contributed by atoms with Gasteiger partial charge in [0.2, 0.25) is 0 Å². The number of carboxylic acid groups (broad SMARTS) is 1. The van der Waals surface area contributed by atoms with Crippen LogP contribution >= 0.6 is 15.9 Å². The van der Waals surface area contributed by atoms with Gasteiger partial charge in [-0.15, -0.1) is 0 Å². The summed E-state index contributed by atoms with van der Waals surface area (Å²) in [6.45, 7) is 2.64. The standard InChI is InChI=1S/C11H16BrNO5/c1-2-8(14)3-5-18-6-4-13-11(17)9(12)7-10(15)16/h7H,2-6H2,1H3,(H,13,17)(H,15,16)/b9-7+. The van der Waals surface area contributed by atoms with Gasteiger partial charge in [-0.3, -0.25) is 9.59 Å². The average Bonchev–Trinajstić information content (AvgIpc) is 2.31. The van der Waals surface area contributed by atoms with Gasteiger partial charge in [-0.25, -0.2) is 4.79 Å². The number of hydrogen-bond acceptors (Lipinski definition) is 4. The van der Waals surface area contributed by atoms with Gasteiger partial charge in [0.25, 0.3) is 5.91 Å². The Hall–Kier alpha value is -1.21. The monoisotopic (exact) mass is 321 g/mol. The number of ether oxygens (including phenoxy) is 1. The predicted octanol–water partition coefficient (Wildman–Crippen LogP) is 0.852. The molecule has 0 atom stereocenters. The zero-order chi connectivity index (χ0) is 14.0. The second kappa shape index (κ2) is 9.78. The molecule has 1 amide bonds. The van der Waals surface area contributed by atoms with E-state index in [4.69, 9.17) is 9.84 Å². The number of carbonyl (C=O) groups is 3.